The highest BCUT2D eigenvalue weighted by atomic mass is 16.5. The molecule has 0 aromatic carbocycles. The van der Waals surface area contributed by atoms with Crippen molar-refractivity contribution in [3.63, 3.8) is 0 Å². The van der Waals surface area contributed by atoms with Gasteiger partial charge < -0.3 is 16.2 Å². The van der Waals surface area contributed by atoms with Gasteiger partial charge in [-0.3, -0.25) is 0 Å². The lowest BCUT2D eigenvalue weighted by atomic mass is 10.4. The van der Waals surface area contributed by atoms with Crippen molar-refractivity contribution < 1.29 is 4.74 Å². The Morgan fingerprint density at radius 1 is 1.50 bits per heavy atom. The molecule has 66 valence electrons. The van der Waals surface area contributed by atoms with Gasteiger partial charge in [0.25, 0.3) is 0 Å². The molecule has 4 heteroatoms. The van der Waals surface area contributed by atoms with Crippen LogP contribution in [0.4, 0.5) is 5.69 Å². The smallest absolute Gasteiger partial charge is 0.237 e. The minimum atomic E-state index is 0.492. The van der Waals surface area contributed by atoms with E-state index in [2.05, 4.69) is 4.98 Å². The summed E-state index contributed by atoms with van der Waals surface area (Å²) in [4.78, 5) is 3.96. The second-order valence-electron chi connectivity index (χ2n) is 2.39. The summed E-state index contributed by atoms with van der Waals surface area (Å²) in [6.07, 6.45) is 2.46. The Balaban J connectivity index is 2.46. The van der Waals surface area contributed by atoms with E-state index < -0.39 is 0 Å². The summed E-state index contributed by atoms with van der Waals surface area (Å²) in [5.74, 6) is 0.492. The fraction of sp³-hybridized carbons (Fsp3) is 0.375. The Bertz CT molecular complexity index is 239. The van der Waals surface area contributed by atoms with Crippen molar-refractivity contribution in [1.82, 2.24) is 4.98 Å². The molecule has 1 heterocycles. The van der Waals surface area contributed by atoms with E-state index in [1.165, 1.54) is 0 Å². The predicted octanol–water partition coefficient (Wildman–Crippen LogP) is 0.391. The van der Waals surface area contributed by atoms with Crippen LogP contribution in [-0.2, 0) is 0 Å². The van der Waals surface area contributed by atoms with Crippen LogP contribution in [0.1, 0.15) is 6.42 Å². The third-order valence-electron chi connectivity index (χ3n) is 1.39. The molecule has 0 bridgehead atoms. The van der Waals surface area contributed by atoms with Crippen LogP contribution in [0.5, 0.6) is 5.88 Å². The van der Waals surface area contributed by atoms with Crippen molar-refractivity contribution in [2.45, 2.75) is 6.42 Å². The first-order valence-corrected chi connectivity index (χ1v) is 3.88. The summed E-state index contributed by atoms with van der Waals surface area (Å²) in [5, 5.41) is 0. The quantitative estimate of drug-likeness (QED) is 0.636. The zero-order valence-corrected chi connectivity index (χ0v) is 6.86. The molecule has 0 aliphatic carbocycles. The molecule has 4 N–H and O–H groups in total. The predicted molar refractivity (Wildman–Crippen MR) is 47.8 cm³/mol. The molecule has 12 heavy (non-hydrogen) atoms. The van der Waals surface area contributed by atoms with Crippen molar-refractivity contribution in [2.75, 3.05) is 18.9 Å². The Labute approximate surface area is 71.5 Å². The van der Waals surface area contributed by atoms with Crippen LogP contribution in [0.15, 0.2) is 18.3 Å². The Morgan fingerprint density at radius 2 is 2.33 bits per heavy atom. The van der Waals surface area contributed by atoms with Crippen molar-refractivity contribution >= 4 is 5.69 Å². The molecule has 0 aliphatic rings. The third kappa shape index (κ3) is 2.39. The first-order chi connectivity index (χ1) is 5.84. The number of aromatic nitrogens is 1. The molecule has 0 saturated heterocycles. The number of ether oxygens (including phenoxy) is 1. The number of hydrogen-bond donors (Lipinski definition) is 2. The van der Waals surface area contributed by atoms with Crippen LogP contribution in [0.2, 0.25) is 0 Å². The van der Waals surface area contributed by atoms with Gasteiger partial charge in [0.05, 0.1) is 12.3 Å². The van der Waals surface area contributed by atoms with Crippen LogP contribution < -0.4 is 16.2 Å². The highest BCUT2D eigenvalue weighted by Gasteiger charge is 1.98. The van der Waals surface area contributed by atoms with Crippen molar-refractivity contribution in [1.29, 1.82) is 0 Å². The van der Waals surface area contributed by atoms with Gasteiger partial charge in [0.1, 0.15) is 0 Å². The first-order valence-electron chi connectivity index (χ1n) is 3.88. The van der Waals surface area contributed by atoms with Crippen LogP contribution in [0.3, 0.4) is 0 Å². The lowest BCUT2D eigenvalue weighted by Crippen LogP contribution is -2.07. The largest absolute Gasteiger partial charge is 0.476 e. The molecule has 4 nitrogen and oxygen atoms in total. The summed E-state index contributed by atoms with van der Waals surface area (Å²) in [6.45, 7) is 1.18. The maximum absolute atomic E-state index is 5.58. The van der Waals surface area contributed by atoms with Gasteiger partial charge in [0, 0.05) is 6.20 Å². The fourth-order valence-corrected chi connectivity index (χ4v) is 0.776. The minimum Gasteiger partial charge on any atom is -0.476 e. The number of hydrogen-bond acceptors (Lipinski definition) is 4. The van der Waals surface area contributed by atoms with Crippen molar-refractivity contribution in [3.05, 3.63) is 18.3 Å². The Morgan fingerprint density at radius 3 is 3.00 bits per heavy atom. The van der Waals surface area contributed by atoms with E-state index in [0.29, 0.717) is 24.7 Å². The molecule has 0 amide bonds. The molecule has 0 fully saturated rings. The summed E-state index contributed by atoms with van der Waals surface area (Å²) >= 11 is 0. The van der Waals surface area contributed by atoms with Gasteiger partial charge in [-0.25, -0.2) is 4.98 Å². The molecule has 0 saturated carbocycles. The number of nitrogens with zero attached hydrogens (tertiary/aromatic N) is 1. The van der Waals surface area contributed by atoms with Gasteiger partial charge in [0.2, 0.25) is 5.88 Å². The standard InChI is InChI=1S/C8H13N3O/c9-4-2-6-12-8-7(10)3-1-5-11-8/h1,3,5H,2,4,6,9-10H2. The molecule has 0 aliphatic heterocycles. The first kappa shape index (κ1) is 8.80. The highest BCUT2D eigenvalue weighted by Crippen LogP contribution is 2.15. The highest BCUT2D eigenvalue weighted by molar-refractivity contribution is 5.46. The van der Waals surface area contributed by atoms with E-state index in [1.807, 2.05) is 0 Å². The lowest BCUT2D eigenvalue weighted by Gasteiger charge is -2.05. The molecular weight excluding hydrogens is 154 g/mol. The third-order valence-corrected chi connectivity index (χ3v) is 1.39. The van der Waals surface area contributed by atoms with Gasteiger partial charge in [-0.15, -0.1) is 0 Å². The lowest BCUT2D eigenvalue weighted by molar-refractivity contribution is 0.303. The van der Waals surface area contributed by atoms with Crippen LogP contribution in [-0.4, -0.2) is 18.1 Å². The van der Waals surface area contributed by atoms with E-state index >= 15 is 0 Å². The Hall–Kier alpha value is -1.29. The number of nitrogens with two attached hydrogens (primary N) is 2. The number of pyridine rings is 1. The molecule has 1 aromatic heterocycles. The van der Waals surface area contributed by atoms with Gasteiger partial charge in [-0.05, 0) is 25.1 Å². The molecule has 0 spiro atoms. The fourth-order valence-electron chi connectivity index (χ4n) is 0.776. The van der Waals surface area contributed by atoms with Crippen molar-refractivity contribution in [2.24, 2.45) is 5.73 Å². The molecule has 0 atom stereocenters. The summed E-state index contributed by atoms with van der Waals surface area (Å²) in [7, 11) is 0. The summed E-state index contributed by atoms with van der Waals surface area (Å²) < 4.78 is 5.26. The SMILES string of the molecule is NCCCOc1ncccc1N. The van der Waals surface area contributed by atoms with Crippen LogP contribution in [0, 0.1) is 0 Å². The second-order valence-corrected chi connectivity index (χ2v) is 2.39. The van der Waals surface area contributed by atoms with E-state index in [-0.39, 0.29) is 0 Å². The summed E-state index contributed by atoms with van der Waals surface area (Å²) in [6, 6.07) is 3.52. The van der Waals surface area contributed by atoms with Gasteiger partial charge >= 0.3 is 0 Å². The van der Waals surface area contributed by atoms with Gasteiger partial charge in [-0.1, -0.05) is 0 Å². The maximum atomic E-state index is 5.58. The van der Waals surface area contributed by atoms with Crippen molar-refractivity contribution in [3.8, 4) is 5.88 Å². The van der Waals surface area contributed by atoms with E-state index in [4.69, 9.17) is 16.2 Å². The average Bonchev–Trinajstić information content (AvgIpc) is 2.09. The summed E-state index contributed by atoms with van der Waals surface area (Å²) in [5.41, 5.74) is 11.4. The zero-order valence-electron chi connectivity index (χ0n) is 6.86. The number of nitrogen functional groups attached to an aromatic ring is 1. The monoisotopic (exact) mass is 167 g/mol. The molecule has 1 rings (SSSR count). The minimum absolute atomic E-state index is 0.492. The van der Waals surface area contributed by atoms with Crippen LogP contribution in [0.25, 0.3) is 0 Å². The normalized spacial score (nSPS) is 9.75. The number of anilines is 1. The van der Waals surface area contributed by atoms with E-state index in [0.717, 1.165) is 6.42 Å². The second kappa shape index (κ2) is 4.56. The molecule has 0 unspecified atom stereocenters. The topological polar surface area (TPSA) is 74.2 Å². The maximum Gasteiger partial charge on any atom is 0.237 e. The molecular formula is C8H13N3O. The zero-order chi connectivity index (χ0) is 8.81. The molecule has 0 radical (unpaired) electrons. The van der Waals surface area contributed by atoms with Gasteiger partial charge in [0.15, 0.2) is 0 Å². The van der Waals surface area contributed by atoms with E-state index in [9.17, 15) is 0 Å². The molecule has 1 aromatic rings. The Kier molecular flexibility index (Phi) is 3.35. The van der Waals surface area contributed by atoms with Gasteiger partial charge in [-0.2, -0.15) is 0 Å². The average molecular weight is 167 g/mol. The van der Waals surface area contributed by atoms with Crippen LogP contribution >= 0.6 is 0 Å². The van der Waals surface area contributed by atoms with E-state index in [1.54, 1.807) is 18.3 Å². The number of rotatable bonds is 4.